The molecule has 1 atom stereocenters. The number of anilines is 1. The van der Waals surface area contributed by atoms with Gasteiger partial charge in [-0.05, 0) is 60.8 Å². The average molecular weight is 437 g/mol. The number of rotatable bonds is 9. The van der Waals surface area contributed by atoms with Gasteiger partial charge < -0.3 is 4.74 Å². The van der Waals surface area contributed by atoms with E-state index in [4.69, 9.17) is 8.92 Å². The van der Waals surface area contributed by atoms with E-state index in [1.54, 1.807) is 0 Å². The summed E-state index contributed by atoms with van der Waals surface area (Å²) in [6.07, 6.45) is 2.18. The third-order valence-corrected chi connectivity index (χ3v) is 6.03. The Morgan fingerprint density at radius 2 is 1.81 bits per heavy atom. The van der Waals surface area contributed by atoms with Crippen molar-refractivity contribution in [2.24, 2.45) is 0 Å². The predicted molar refractivity (Wildman–Crippen MR) is 125 cm³/mol. The molecular weight excluding hydrogens is 408 g/mol. The lowest BCUT2D eigenvalue weighted by Gasteiger charge is -2.29. The topological polar surface area (TPSA) is 50.8 Å². The van der Waals surface area contributed by atoms with Crippen LogP contribution in [-0.2, 0) is 35.0 Å². The Kier molecular flexibility index (Phi) is 7.35. The molecule has 4 rings (SSSR count). The molecule has 1 aliphatic rings. The van der Waals surface area contributed by atoms with Crippen LogP contribution < -0.4 is 9.46 Å². The van der Waals surface area contributed by atoms with E-state index in [0.717, 1.165) is 43.1 Å². The van der Waals surface area contributed by atoms with Gasteiger partial charge in [-0.25, -0.2) is 4.21 Å². The molecule has 1 aliphatic heterocycles. The van der Waals surface area contributed by atoms with Gasteiger partial charge in [0.25, 0.3) is 11.3 Å². The molecule has 1 heterocycles. The zero-order valence-corrected chi connectivity index (χ0v) is 18.6. The Balaban J connectivity index is 1.34. The smallest absolute Gasteiger partial charge is 0.262 e. The van der Waals surface area contributed by atoms with E-state index in [2.05, 4.69) is 28.7 Å². The van der Waals surface area contributed by atoms with Crippen LogP contribution >= 0.6 is 0 Å². The molecule has 0 amide bonds. The molecule has 0 aliphatic carbocycles. The highest BCUT2D eigenvalue weighted by molar-refractivity contribution is 7.81. The fourth-order valence-electron chi connectivity index (χ4n) is 3.78. The van der Waals surface area contributed by atoms with Gasteiger partial charge in [0.05, 0.1) is 6.61 Å². The van der Waals surface area contributed by atoms with Crippen molar-refractivity contribution < 1.29 is 13.1 Å². The highest BCUT2D eigenvalue weighted by Crippen LogP contribution is 2.32. The summed E-state index contributed by atoms with van der Waals surface area (Å²) in [5.41, 5.74) is 4.34. The SMILES string of the molecule is CCCN1CCc2c(cccc2Oc2ccc(NS(=O)OCc3ccccc3)cc2)C1. The maximum Gasteiger partial charge on any atom is 0.262 e. The van der Waals surface area contributed by atoms with Crippen molar-refractivity contribution in [3.63, 3.8) is 0 Å². The van der Waals surface area contributed by atoms with Crippen LogP contribution in [0, 0.1) is 0 Å². The van der Waals surface area contributed by atoms with Gasteiger partial charge in [-0.15, -0.1) is 0 Å². The average Bonchev–Trinajstić information content (AvgIpc) is 2.80. The van der Waals surface area contributed by atoms with Crippen molar-refractivity contribution in [2.45, 2.75) is 32.9 Å². The lowest BCUT2D eigenvalue weighted by atomic mass is 9.98. The molecule has 0 aromatic heterocycles. The van der Waals surface area contributed by atoms with Crippen LogP contribution in [0.2, 0.25) is 0 Å². The van der Waals surface area contributed by atoms with Crippen LogP contribution in [0.25, 0.3) is 0 Å². The number of hydrogen-bond donors (Lipinski definition) is 1. The van der Waals surface area contributed by atoms with E-state index in [-0.39, 0.29) is 6.61 Å². The minimum absolute atomic E-state index is 0.288. The molecular formula is C25H28N2O3S. The zero-order chi connectivity index (χ0) is 21.5. The van der Waals surface area contributed by atoms with Gasteiger partial charge in [0, 0.05) is 24.3 Å². The van der Waals surface area contributed by atoms with Crippen molar-refractivity contribution in [2.75, 3.05) is 17.8 Å². The first-order valence-electron chi connectivity index (χ1n) is 10.7. The molecule has 1 N–H and O–H groups in total. The minimum Gasteiger partial charge on any atom is -0.457 e. The fourth-order valence-corrected chi connectivity index (χ4v) is 4.41. The molecule has 0 bridgehead atoms. The predicted octanol–water partition coefficient (Wildman–Crippen LogP) is 5.45. The number of ether oxygens (including phenoxy) is 1. The third kappa shape index (κ3) is 5.94. The second-order valence-electron chi connectivity index (χ2n) is 7.63. The van der Waals surface area contributed by atoms with E-state index in [0.29, 0.717) is 5.69 Å². The monoisotopic (exact) mass is 436 g/mol. The van der Waals surface area contributed by atoms with Crippen LogP contribution in [0.1, 0.15) is 30.0 Å². The Morgan fingerprint density at radius 1 is 1.00 bits per heavy atom. The molecule has 3 aromatic rings. The molecule has 0 spiro atoms. The normalized spacial score (nSPS) is 14.6. The largest absolute Gasteiger partial charge is 0.457 e. The molecule has 6 heteroatoms. The van der Waals surface area contributed by atoms with Gasteiger partial charge in [-0.3, -0.25) is 13.8 Å². The van der Waals surface area contributed by atoms with Crippen LogP contribution in [-0.4, -0.2) is 22.2 Å². The van der Waals surface area contributed by atoms with Crippen LogP contribution in [0.15, 0.2) is 72.8 Å². The molecule has 5 nitrogen and oxygen atoms in total. The summed E-state index contributed by atoms with van der Waals surface area (Å²) in [4.78, 5) is 2.49. The molecule has 0 fully saturated rings. The van der Waals surface area contributed by atoms with E-state index < -0.39 is 11.3 Å². The van der Waals surface area contributed by atoms with E-state index in [1.165, 1.54) is 17.5 Å². The second-order valence-corrected chi connectivity index (χ2v) is 8.54. The highest BCUT2D eigenvalue weighted by atomic mass is 32.2. The van der Waals surface area contributed by atoms with Gasteiger partial charge in [0.15, 0.2) is 0 Å². The Hall–Kier alpha value is -2.67. The number of hydrogen-bond acceptors (Lipinski definition) is 4. The van der Waals surface area contributed by atoms with Crippen molar-refractivity contribution in [1.82, 2.24) is 4.90 Å². The van der Waals surface area contributed by atoms with Gasteiger partial charge in [0.1, 0.15) is 11.5 Å². The van der Waals surface area contributed by atoms with E-state index in [1.807, 2.05) is 60.7 Å². The summed E-state index contributed by atoms with van der Waals surface area (Å²) in [7, 11) is 0. The lowest BCUT2D eigenvalue weighted by Crippen LogP contribution is -2.31. The maximum absolute atomic E-state index is 12.1. The third-order valence-electron chi connectivity index (χ3n) is 5.30. The summed E-state index contributed by atoms with van der Waals surface area (Å²) in [6, 6.07) is 23.4. The van der Waals surface area contributed by atoms with Gasteiger partial charge >= 0.3 is 0 Å². The number of nitrogens with one attached hydrogen (secondary N) is 1. The first-order valence-corrected chi connectivity index (χ1v) is 11.8. The summed E-state index contributed by atoms with van der Waals surface area (Å²) >= 11 is -1.62. The molecule has 3 aromatic carbocycles. The summed E-state index contributed by atoms with van der Waals surface area (Å²) in [6.45, 7) is 5.70. The zero-order valence-electron chi connectivity index (χ0n) is 17.8. The van der Waals surface area contributed by atoms with Crippen LogP contribution in [0.3, 0.4) is 0 Å². The van der Waals surface area contributed by atoms with Crippen LogP contribution in [0.5, 0.6) is 11.5 Å². The molecule has 31 heavy (non-hydrogen) atoms. The van der Waals surface area contributed by atoms with Crippen molar-refractivity contribution in [1.29, 1.82) is 0 Å². The van der Waals surface area contributed by atoms with Crippen molar-refractivity contribution in [3.8, 4) is 11.5 Å². The number of benzene rings is 3. The molecule has 0 saturated heterocycles. The molecule has 1 unspecified atom stereocenters. The summed E-state index contributed by atoms with van der Waals surface area (Å²) < 4.78 is 26.6. The van der Waals surface area contributed by atoms with E-state index >= 15 is 0 Å². The first kappa shape index (κ1) is 21.6. The fraction of sp³-hybridized carbons (Fsp3) is 0.280. The Morgan fingerprint density at radius 3 is 2.58 bits per heavy atom. The Labute approximate surface area is 186 Å². The molecule has 162 valence electrons. The standard InChI is InChI=1S/C25H28N2O3S/c1-2-16-27-17-15-24-21(18-27)9-6-10-25(24)30-23-13-11-22(12-14-23)26-31(28)29-19-20-7-4-3-5-8-20/h3-14,26H,2,15-19H2,1H3. The van der Waals surface area contributed by atoms with Gasteiger partial charge in [0.2, 0.25) is 0 Å². The molecule has 0 radical (unpaired) electrons. The van der Waals surface area contributed by atoms with E-state index in [9.17, 15) is 4.21 Å². The van der Waals surface area contributed by atoms with Crippen molar-refractivity contribution in [3.05, 3.63) is 89.5 Å². The number of nitrogens with zero attached hydrogens (tertiary/aromatic N) is 1. The summed E-state index contributed by atoms with van der Waals surface area (Å²) in [5.74, 6) is 1.68. The minimum atomic E-state index is -1.62. The van der Waals surface area contributed by atoms with Gasteiger partial charge in [-0.1, -0.05) is 49.4 Å². The second kappa shape index (κ2) is 10.6. The van der Waals surface area contributed by atoms with Gasteiger partial charge in [-0.2, -0.15) is 0 Å². The number of fused-ring (bicyclic) bond motifs is 1. The molecule has 0 saturated carbocycles. The maximum atomic E-state index is 12.1. The Bertz CT molecular complexity index is 1010. The summed E-state index contributed by atoms with van der Waals surface area (Å²) in [5, 5.41) is 0. The van der Waals surface area contributed by atoms with Crippen molar-refractivity contribution >= 4 is 17.0 Å². The van der Waals surface area contributed by atoms with Crippen LogP contribution in [0.4, 0.5) is 5.69 Å². The highest BCUT2D eigenvalue weighted by Gasteiger charge is 2.19. The quantitative estimate of drug-likeness (QED) is 0.484. The first-order chi connectivity index (χ1) is 15.2. The lowest BCUT2D eigenvalue weighted by molar-refractivity contribution is 0.252.